The van der Waals surface area contributed by atoms with Gasteiger partial charge in [-0.25, -0.2) is 4.39 Å². The average molecular weight is 333 g/mol. The number of nitrogens with zero attached hydrogens (tertiary/aromatic N) is 1. The van der Waals surface area contributed by atoms with Crippen LogP contribution in [0, 0.1) is 17.1 Å². The molecule has 1 atom stereocenters. The normalized spacial score (nSPS) is 18.8. The molecule has 0 amide bonds. The Morgan fingerprint density at radius 1 is 1.22 bits per heavy atom. The molecule has 2 N–H and O–H groups in total. The van der Waals surface area contributed by atoms with Gasteiger partial charge in [-0.05, 0) is 60.3 Å². The second-order valence-corrected chi connectivity index (χ2v) is 5.50. The minimum absolute atomic E-state index is 0. The van der Waals surface area contributed by atoms with Crippen LogP contribution in [0.1, 0.15) is 35.1 Å². The van der Waals surface area contributed by atoms with E-state index in [2.05, 4.69) is 6.07 Å². The van der Waals surface area contributed by atoms with E-state index in [1.165, 1.54) is 12.1 Å². The fourth-order valence-electron chi connectivity index (χ4n) is 3.12. The highest BCUT2D eigenvalue weighted by Gasteiger charge is 2.41. The molecule has 0 fully saturated rings. The van der Waals surface area contributed by atoms with Gasteiger partial charge in [0.2, 0.25) is 0 Å². The topological polar surface area (TPSA) is 59.0 Å². The molecule has 0 aromatic heterocycles. The van der Waals surface area contributed by atoms with E-state index in [1.807, 2.05) is 12.1 Å². The second-order valence-electron chi connectivity index (χ2n) is 5.50. The van der Waals surface area contributed by atoms with Crippen molar-refractivity contribution in [3.63, 3.8) is 0 Å². The van der Waals surface area contributed by atoms with Crippen molar-refractivity contribution in [1.82, 2.24) is 0 Å². The number of nitriles is 1. The zero-order valence-corrected chi connectivity index (χ0v) is 13.4. The SMILES string of the molecule is Cl.N#Cc1ccc2c(c1)COC2(CCCN)c1ccc(F)cc1. The molecule has 0 spiro atoms. The van der Waals surface area contributed by atoms with Crippen molar-refractivity contribution in [2.75, 3.05) is 6.54 Å². The predicted octanol–water partition coefficient (Wildman–Crippen LogP) is 3.63. The van der Waals surface area contributed by atoms with E-state index in [0.29, 0.717) is 18.7 Å². The van der Waals surface area contributed by atoms with Crippen molar-refractivity contribution >= 4 is 12.4 Å². The third kappa shape index (κ3) is 3.09. The first-order valence-electron chi connectivity index (χ1n) is 7.33. The molecule has 3 rings (SSSR count). The Morgan fingerprint density at radius 3 is 2.61 bits per heavy atom. The summed E-state index contributed by atoms with van der Waals surface area (Å²) in [6, 6.07) is 14.2. The molecule has 23 heavy (non-hydrogen) atoms. The number of fused-ring (bicyclic) bond motifs is 1. The summed E-state index contributed by atoms with van der Waals surface area (Å²) >= 11 is 0. The molecule has 1 unspecified atom stereocenters. The smallest absolute Gasteiger partial charge is 0.123 e. The molecule has 120 valence electrons. The zero-order valence-electron chi connectivity index (χ0n) is 12.6. The lowest BCUT2D eigenvalue weighted by molar-refractivity contribution is -0.0126. The average Bonchev–Trinajstić information content (AvgIpc) is 2.92. The fraction of sp³-hybridized carbons (Fsp3) is 0.278. The first-order valence-corrected chi connectivity index (χ1v) is 7.33. The molecule has 0 aliphatic carbocycles. The predicted molar refractivity (Wildman–Crippen MR) is 88.7 cm³/mol. The molecule has 0 bridgehead atoms. The summed E-state index contributed by atoms with van der Waals surface area (Å²) in [5, 5.41) is 9.04. The zero-order chi connectivity index (χ0) is 15.6. The van der Waals surface area contributed by atoms with Gasteiger partial charge in [-0.15, -0.1) is 12.4 Å². The van der Waals surface area contributed by atoms with Crippen molar-refractivity contribution in [3.8, 4) is 6.07 Å². The van der Waals surface area contributed by atoms with Crippen molar-refractivity contribution < 1.29 is 9.13 Å². The maximum Gasteiger partial charge on any atom is 0.123 e. The number of nitrogens with two attached hydrogens (primary N) is 1. The summed E-state index contributed by atoms with van der Waals surface area (Å²) in [6.07, 6.45) is 1.53. The highest BCUT2D eigenvalue weighted by molar-refractivity contribution is 5.85. The largest absolute Gasteiger partial charge is 0.361 e. The lowest BCUT2D eigenvalue weighted by Gasteiger charge is -2.30. The molecule has 0 saturated carbocycles. The van der Waals surface area contributed by atoms with Gasteiger partial charge in [-0.3, -0.25) is 0 Å². The van der Waals surface area contributed by atoms with E-state index in [0.717, 1.165) is 29.5 Å². The fourth-order valence-corrected chi connectivity index (χ4v) is 3.12. The van der Waals surface area contributed by atoms with Crippen molar-refractivity contribution in [3.05, 3.63) is 70.5 Å². The van der Waals surface area contributed by atoms with E-state index < -0.39 is 5.60 Å². The minimum atomic E-state index is -0.601. The summed E-state index contributed by atoms with van der Waals surface area (Å²) in [6.45, 7) is 1.02. The first-order chi connectivity index (χ1) is 10.7. The van der Waals surface area contributed by atoms with Crippen LogP contribution in [0.15, 0.2) is 42.5 Å². The van der Waals surface area contributed by atoms with E-state index in [4.69, 9.17) is 15.7 Å². The van der Waals surface area contributed by atoms with Crippen LogP contribution in [0.25, 0.3) is 0 Å². The maximum absolute atomic E-state index is 13.2. The molecule has 2 aromatic rings. The van der Waals surface area contributed by atoms with Crippen molar-refractivity contribution in [2.45, 2.75) is 25.0 Å². The summed E-state index contributed by atoms with van der Waals surface area (Å²) in [7, 11) is 0. The molecular weight excluding hydrogens is 315 g/mol. The summed E-state index contributed by atoms with van der Waals surface area (Å²) in [5.74, 6) is -0.268. The number of benzene rings is 2. The first kappa shape index (κ1) is 17.4. The number of hydrogen-bond acceptors (Lipinski definition) is 3. The molecule has 1 aliphatic heterocycles. The highest BCUT2D eigenvalue weighted by atomic mass is 35.5. The Hall–Kier alpha value is -1.93. The van der Waals surface area contributed by atoms with Gasteiger partial charge in [-0.1, -0.05) is 18.2 Å². The summed E-state index contributed by atoms with van der Waals surface area (Å²) < 4.78 is 19.4. The van der Waals surface area contributed by atoms with Crippen LogP contribution < -0.4 is 5.73 Å². The highest BCUT2D eigenvalue weighted by Crippen LogP contribution is 2.45. The molecule has 2 aromatic carbocycles. The third-order valence-corrected chi connectivity index (χ3v) is 4.19. The van der Waals surface area contributed by atoms with E-state index in [9.17, 15) is 4.39 Å². The van der Waals surface area contributed by atoms with Crippen LogP contribution in [0.3, 0.4) is 0 Å². The van der Waals surface area contributed by atoms with Gasteiger partial charge in [0, 0.05) is 0 Å². The standard InChI is InChI=1S/C18H17FN2O.ClH/c19-16-5-3-15(4-6-16)18(8-1-9-20)17-7-2-13(11-21)10-14(17)12-22-18;/h2-7,10H,1,8-9,12,20H2;1H. The number of halogens is 2. The quantitative estimate of drug-likeness (QED) is 0.930. The number of ether oxygens (including phenoxy) is 1. The lowest BCUT2D eigenvalue weighted by atomic mass is 9.81. The van der Waals surface area contributed by atoms with Crippen LogP contribution in [-0.2, 0) is 16.9 Å². The lowest BCUT2D eigenvalue weighted by Crippen LogP contribution is -2.28. The molecule has 3 nitrogen and oxygen atoms in total. The van der Waals surface area contributed by atoms with Gasteiger partial charge in [0.15, 0.2) is 0 Å². The van der Waals surface area contributed by atoms with Crippen LogP contribution >= 0.6 is 12.4 Å². The van der Waals surface area contributed by atoms with Gasteiger partial charge >= 0.3 is 0 Å². The third-order valence-electron chi connectivity index (χ3n) is 4.19. The van der Waals surface area contributed by atoms with E-state index in [-0.39, 0.29) is 18.2 Å². The molecule has 0 radical (unpaired) electrons. The second kappa shape index (κ2) is 7.10. The minimum Gasteiger partial charge on any atom is -0.361 e. The monoisotopic (exact) mass is 332 g/mol. The van der Waals surface area contributed by atoms with Gasteiger partial charge in [0.1, 0.15) is 11.4 Å². The van der Waals surface area contributed by atoms with Crippen LogP contribution in [-0.4, -0.2) is 6.54 Å². The molecular formula is C18H18ClFN2O. The Bertz CT molecular complexity index is 727. The molecule has 5 heteroatoms. The van der Waals surface area contributed by atoms with Crippen molar-refractivity contribution in [2.24, 2.45) is 5.73 Å². The Kier molecular flexibility index (Phi) is 5.38. The summed E-state index contributed by atoms with van der Waals surface area (Å²) in [4.78, 5) is 0. The Balaban J connectivity index is 0.00000192. The number of rotatable bonds is 4. The van der Waals surface area contributed by atoms with E-state index >= 15 is 0 Å². The molecule has 0 saturated heterocycles. The van der Waals surface area contributed by atoms with Crippen LogP contribution in [0.4, 0.5) is 4.39 Å². The van der Waals surface area contributed by atoms with Crippen LogP contribution in [0.5, 0.6) is 0 Å². The van der Waals surface area contributed by atoms with E-state index in [1.54, 1.807) is 18.2 Å². The van der Waals surface area contributed by atoms with Crippen molar-refractivity contribution in [1.29, 1.82) is 5.26 Å². The molecule has 1 aliphatic rings. The Labute approximate surface area is 141 Å². The van der Waals surface area contributed by atoms with Crippen LogP contribution in [0.2, 0.25) is 0 Å². The maximum atomic E-state index is 13.2. The number of hydrogen-bond donors (Lipinski definition) is 1. The van der Waals surface area contributed by atoms with Gasteiger partial charge in [0.05, 0.1) is 18.2 Å². The summed E-state index contributed by atoms with van der Waals surface area (Å²) in [5.41, 5.74) is 8.68. The molecule has 1 heterocycles. The van der Waals surface area contributed by atoms with Gasteiger partial charge < -0.3 is 10.5 Å². The Morgan fingerprint density at radius 2 is 1.96 bits per heavy atom. The van der Waals surface area contributed by atoms with Gasteiger partial charge in [0.25, 0.3) is 0 Å². The van der Waals surface area contributed by atoms with Gasteiger partial charge in [-0.2, -0.15) is 5.26 Å².